The Bertz CT molecular complexity index is 479. The van der Waals surface area contributed by atoms with Gasteiger partial charge in [-0.1, -0.05) is 6.92 Å². The van der Waals surface area contributed by atoms with Gasteiger partial charge >= 0.3 is 0 Å². The van der Waals surface area contributed by atoms with E-state index in [-0.39, 0.29) is 0 Å². The van der Waals surface area contributed by atoms with Crippen LogP contribution in [0.15, 0.2) is 0 Å². The molecule has 5 nitrogen and oxygen atoms in total. The number of aromatic nitrogens is 2. The molecule has 0 saturated carbocycles. The highest BCUT2D eigenvalue weighted by molar-refractivity contribution is 5.57. The van der Waals surface area contributed by atoms with Crippen molar-refractivity contribution in [3.8, 4) is 6.07 Å². The van der Waals surface area contributed by atoms with Gasteiger partial charge in [-0.3, -0.25) is 4.68 Å². The normalized spacial score (nSPS) is 16.1. The van der Waals surface area contributed by atoms with Gasteiger partial charge in [0.05, 0.1) is 5.69 Å². The molecule has 2 heterocycles. The molecule has 1 saturated heterocycles. The van der Waals surface area contributed by atoms with Crippen LogP contribution in [0.25, 0.3) is 0 Å². The van der Waals surface area contributed by atoms with Crippen molar-refractivity contribution in [3.05, 3.63) is 11.3 Å². The standard InChI is InChI=1S/C15H25N5/c1-4-9-20(11-13-5-7-17-8-6-13)15-14(10-16)12(2)18-19(15)3/h13,17H,4-9,11H2,1-3H3. The molecule has 0 aliphatic carbocycles. The fraction of sp³-hybridized carbons (Fsp3) is 0.733. The third-order valence-electron chi connectivity index (χ3n) is 4.03. The van der Waals surface area contributed by atoms with E-state index < -0.39 is 0 Å². The molecule has 0 radical (unpaired) electrons. The lowest BCUT2D eigenvalue weighted by atomic mass is 9.97. The van der Waals surface area contributed by atoms with Crippen molar-refractivity contribution in [2.75, 3.05) is 31.1 Å². The van der Waals surface area contributed by atoms with Gasteiger partial charge in [-0.2, -0.15) is 10.4 Å². The molecule has 5 heteroatoms. The van der Waals surface area contributed by atoms with E-state index in [1.807, 2.05) is 18.7 Å². The summed E-state index contributed by atoms with van der Waals surface area (Å²) >= 11 is 0. The maximum absolute atomic E-state index is 9.40. The van der Waals surface area contributed by atoms with Gasteiger partial charge in [-0.15, -0.1) is 0 Å². The predicted octanol–water partition coefficient (Wildman–Crippen LogP) is 1.82. The summed E-state index contributed by atoms with van der Waals surface area (Å²) < 4.78 is 1.87. The highest BCUT2D eigenvalue weighted by Crippen LogP contribution is 2.25. The Labute approximate surface area is 121 Å². The molecule has 0 spiro atoms. The molecule has 1 aliphatic heterocycles. The largest absolute Gasteiger partial charge is 0.355 e. The quantitative estimate of drug-likeness (QED) is 0.890. The molecule has 1 N–H and O–H groups in total. The van der Waals surface area contributed by atoms with Crippen molar-refractivity contribution in [3.63, 3.8) is 0 Å². The van der Waals surface area contributed by atoms with Crippen molar-refractivity contribution < 1.29 is 0 Å². The second-order valence-electron chi connectivity index (χ2n) is 5.66. The zero-order chi connectivity index (χ0) is 14.5. The Kier molecular flexibility index (Phi) is 5.02. The van der Waals surface area contributed by atoms with E-state index in [1.54, 1.807) is 0 Å². The highest BCUT2D eigenvalue weighted by atomic mass is 15.4. The summed E-state index contributed by atoms with van der Waals surface area (Å²) in [5, 5.41) is 17.2. The van der Waals surface area contributed by atoms with E-state index in [0.717, 1.165) is 49.7 Å². The van der Waals surface area contributed by atoms with Gasteiger partial charge in [-0.05, 0) is 45.2 Å². The van der Waals surface area contributed by atoms with E-state index in [0.29, 0.717) is 5.92 Å². The van der Waals surface area contributed by atoms with Crippen LogP contribution in [0.5, 0.6) is 0 Å². The third kappa shape index (κ3) is 3.13. The molecule has 1 fully saturated rings. The molecule has 1 aromatic heterocycles. The van der Waals surface area contributed by atoms with Crippen molar-refractivity contribution in [1.82, 2.24) is 15.1 Å². The van der Waals surface area contributed by atoms with Gasteiger partial charge in [0.2, 0.25) is 0 Å². The molecule has 1 aliphatic rings. The van der Waals surface area contributed by atoms with Crippen LogP contribution < -0.4 is 10.2 Å². The molecule has 0 bridgehead atoms. The first-order chi connectivity index (χ1) is 9.67. The van der Waals surface area contributed by atoms with Gasteiger partial charge in [0.1, 0.15) is 17.5 Å². The van der Waals surface area contributed by atoms with Crippen LogP contribution in [0.4, 0.5) is 5.82 Å². The third-order valence-corrected chi connectivity index (χ3v) is 4.03. The van der Waals surface area contributed by atoms with Gasteiger partial charge < -0.3 is 10.2 Å². The summed E-state index contributed by atoms with van der Waals surface area (Å²) in [6.45, 7) is 8.34. The number of nitriles is 1. The minimum Gasteiger partial charge on any atom is -0.355 e. The number of piperidine rings is 1. The highest BCUT2D eigenvalue weighted by Gasteiger charge is 2.22. The summed E-state index contributed by atoms with van der Waals surface area (Å²) in [6, 6.07) is 2.32. The maximum Gasteiger partial charge on any atom is 0.144 e. The first kappa shape index (κ1) is 14.9. The Balaban J connectivity index is 2.21. The summed E-state index contributed by atoms with van der Waals surface area (Å²) in [5.41, 5.74) is 1.56. The van der Waals surface area contributed by atoms with E-state index in [2.05, 4.69) is 28.3 Å². The topological polar surface area (TPSA) is 56.9 Å². The Morgan fingerprint density at radius 1 is 1.45 bits per heavy atom. The van der Waals surface area contributed by atoms with Gasteiger partial charge in [0.25, 0.3) is 0 Å². The first-order valence-corrected chi connectivity index (χ1v) is 7.56. The molecule has 110 valence electrons. The summed E-state index contributed by atoms with van der Waals surface area (Å²) in [7, 11) is 1.94. The second-order valence-corrected chi connectivity index (χ2v) is 5.66. The van der Waals surface area contributed by atoms with Crippen molar-refractivity contribution in [2.45, 2.75) is 33.1 Å². The Morgan fingerprint density at radius 3 is 2.75 bits per heavy atom. The van der Waals surface area contributed by atoms with Crippen molar-refractivity contribution in [2.24, 2.45) is 13.0 Å². The zero-order valence-corrected chi connectivity index (χ0v) is 12.8. The number of hydrogen-bond acceptors (Lipinski definition) is 4. The summed E-state index contributed by atoms with van der Waals surface area (Å²) in [4.78, 5) is 2.36. The SMILES string of the molecule is CCCN(CC1CCNCC1)c1c(C#N)c(C)nn1C. The van der Waals surface area contributed by atoms with Crippen LogP contribution in [0, 0.1) is 24.2 Å². The molecule has 2 rings (SSSR count). The number of hydrogen-bond donors (Lipinski definition) is 1. The Morgan fingerprint density at radius 2 is 2.15 bits per heavy atom. The van der Waals surface area contributed by atoms with Crippen molar-refractivity contribution in [1.29, 1.82) is 5.26 Å². The lowest BCUT2D eigenvalue weighted by molar-refractivity contribution is 0.371. The van der Waals surface area contributed by atoms with Crippen molar-refractivity contribution >= 4 is 5.82 Å². The molecule has 0 amide bonds. The Hall–Kier alpha value is -1.54. The van der Waals surface area contributed by atoms with E-state index in [1.165, 1.54) is 12.8 Å². The molecule has 0 unspecified atom stereocenters. The summed E-state index contributed by atoms with van der Waals surface area (Å²) in [5.74, 6) is 1.70. The smallest absolute Gasteiger partial charge is 0.144 e. The van der Waals surface area contributed by atoms with Crippen LogP contribution in [-0.4, -0.2) is 36.0 Å². The van der Waals surface area contributed by atoms with Crippen LogP contribution in [0.1, 0.15) is 37.4 Å². The molecule has 20 heavy (non-hydrogen) atoms. The first-order valence-electron chi connectivity index (χ1n) is 7.56. The number of rotatable bonds is 5. The van der Waals surface area contributed by atoms with Crippen LogP contribution in [-0.2, 0) is 7.05 Å². The fourth-order valence-corrected chi connectivity index (χ4v) is 3.07. The van der Waals surface area contributed by atoms with Crippen LogP contribution in [0.2, 0.25) is 0 Å². The number of nitrogens with one attached hydrogen (secondary N) is 1. The molecule has 1 aromatic rings. The molecular formula is C15H25N5. The number of nitrogens with zero attached hydrogens (tertiary/aromatic N) is 4. The molecular weight excluding hydrogens is 250 g/mol. The van der Waals surface area contributed by atoms with Gasteiger partial charge in [0, 0.05) is 20.1 Å². The minimum atomic E-state index is 0.713. The van der Waals surface area contributed by atoms with E-state index in [9.17, 15) is 5.26 Å². The number of anilines is 1. The lowest BCUT2D eigenvalue weighted by Gasteiger charge is -2.31. The number of aryl methyl sites for hydroxylation is 2. The molecule has 0 aromatic carbocycles. The fourth-order valence-electron chi connectivity index (χ4n) is 3.07. The monoisotopic (exact) mass is 275 g/mol. The summed E-state index contributed by atoms with van der Waals surface area (Å²) in [6.07, 6.45) is 3.53. The average molecular weight is 275 g/mol. The van der Waals surface area contributed by atoms with Crippen LogP contribution >= 0.6 is 0 Å². The van der Waals surface area contributed by atoms with Crippen LogP contribution in [0.3, 0.4) is 0 Å². The molecule has 0 atom stereocenters. The zero-order valence-electron chi connectivity index (χ0n) is 12.8. The van der Waals surface area contributed by atoms with Gasteiger partial charge in [-0.25, -0.2) is 0 Å². The second kappa shape index (κ2) is 6.76. The van der Waals surface area contributed by atoms with E-state index in [4.69, 9.17) is 0 Å². The maximum atomic E-state index is 9.40. The van der Waals surface area contributed by atoms with E-state index >= 15 is 0 Å². The lowest BCUT2D eigenvalue weighted by Crippen LogP contribution is -2.37. The minimum absolute atomic E-state index is 0.713. The predicted molar refractivity (Wildman–Crippen MR) is 80.8 cm³/mol. The van der Waals surface area contributed by atoms with Gasteiger partial charge in [0.15, 0.2) is 0 Å². The average Bonchev–Trinajstić information content (AvgIpc) is 2.73.